The first-order valence-corrected chi connectivity index (χ1v) is 15.9. The van der Waals surface area contributed by atoms with Crippen LogP contribution in [0.5, 0.6) is 17.2 Å². The van der Waals surface area contributed by atoms with Gasteiger partial charge < -0.3 is 35.1 Å². The van der Waals surface area contributed by atoms with Gasteiger partial charge in [0.05, 0.1) is 32.6 Å². The second kappa shape index (κ2) is 14.1. The smallest absolute Gasteiger partial charge is 0.223 e. The summed E-state index contributed by atoms with van der Waals surface area (Å²) in [6.45, 7) is 3.52. The molecular formula is C34H36BrN9O3. The van der Waals surface area contributed by atoms with E-state index in [-0.39, 0.29) is 10.4 Å². The van der Waals surface area contributed by atoms with Crippen LogP contribution in [0.1, 0.15) is 11.1 Å². The second-order valence-electron chi connectivity index (χ2n) is 11.0. The Morgan fingerprint density at radius 3 is 2.43 bits per heavy atom. The number of nitrogen functional groups attached to an aromatic ring is 1. The van der Waals surface area contributed by atoms with E-state index in [4.69, 9.17) is 30.3 Å². The molecule has 4 N–H and O–H groups in total. The number of nitrogens with zero attached hydrogens (tertiary/aromatic N) is 6. The van der Waals surface area contributed by atoms with Crippen LogP contribution in [0.4, 0.5) is 23.3 Å². The predicted molar refractivity (Wildman–Crippen MR) is 190 cm³/mol. The zero-order valence-electron chi connectivity index (χ0n) is 26.5. The van der Waals surface area contributed by atoms with Crippen molar-refractivity contribution in [3.63, 3.8) is 0 Å². The van der Waals surface area contributed by atoms with Crippen molar-refractivity contribution in [3.8, 4) is 28.5 Å². The lowest BCUT2D eigenvalue weighted by atomic mass is 10.0. The van der Waals surface area contributed by atoms with Gasteiger partial charge in [-0.1, -0.05) is 12.1 Å². The van der Waals surface area contributed by atoms with E-state index in [2.05, 4.69) is 70.3 Å². The van der Waals surface area contributed by atoms with Crippen LogP contribution in [-0.4, -0.2) is 78.6 Å². The summed E-state index contributed by atoms with van der Waals surface area (Å²) in [5.74, 6) is 3.71. The van der Waals surface area contributed by atoms with E-state index in [1.165, 1.54) is 6.33 Å². The molecule has 3 aromatic carbocycles. The molecule has 0 aliphatic carbocycles. The molecular weight excluding hydrogens is 662 g/mol. The van der Waals surface area contributed by atoms with Gasteiger partial charge in [0.1, 0.15) is 28.3 Å². The van der Waals surface area contributed by atoms with Crippen LogP contribution in [0.3, 0.4) is 0 Å². The van der Waals surface area contributed by atoms with Crippen LogP contribution in [0.15, 0.2) is 67.1 Å². The lowest BCUT2D eigenvalue weighted by molar-refractivity contribution is 0.354. The third-order valence-corrected chi connectivity index (χ3v) is 8.63. The van der Waals surface area contributed by atoms with Gasteiger partial charge in [-0.2, -0.15) is 0 Å². The molecule has 47 heavy (non-hydrogen) atoms. The number of fused-ring (bicyclic) bond motifs is 1. The monoisotopic (exact) mass is 697 g/mol. The normalized spacial score (nSPS) is 13.0. The first-order valence-electron chi connectivity index (χ1n) is 15.1. The average Bonchev–Trinajstić information content (AvgIpc) is 3.10. The fourth-order valence-electron chi connectivity index (χ4n) is 5.81. The van der Waals surface area contributed by atoms with Crippen LogP contribution in [0, 0.1) is 5.41 Å². The van der Waals surface area contributed by atoms with Crippen molar-refractivity contribution in [2.45, 2.75) is 6.42 Å². The van der Waals surface area contributed by atoms with Crippen molar-refractivity contribution in [2.75, 3.05) is 74.9 Å². The van der Waals surface area contributed by atoms with Crippen molar-refractivity contribution in [1.82, 2.24) is 19.9 Å². The highest BCUT2D eigenvalue weighted by atomic mass is 79.9. The SMILES string of the molecule is COc1ccc2cc(-c3ccnc(NCCc4ccc(OC)c(OC)c4)n3)cc(N3CCN(c4ncnc(N)c4C(=N)Br)CC3)c2c1. The lowest BCUT2D eigenvalue weighted by Gasteiger charge is -2.38. The van der Waals surface area contributed by atoms with Crippen molar-refractivity contribution in [2.24, 2.45) is 0 Å². The number of rotatable bonds is 11. The summed E-state index contributed by atoms with van der Waals surface area (Å²) in [5, 5.41) is 13.7. The number of anilines is 4. The van der Waals surface area contributed by atoms with Gasteiger partial charge in [0.25, 0.3) is 0 Å². The number of ether oxygens (including phenoxy) is 3. The van der Waals surface area contributed by atoms with Gasteiger partial charge in [0, 0.05) is 55.6 Å². The highest BCUT2D eigenvalue weighted by Crippen LogP contribution is 2.36. The Labute approximate surface area is 281 Å². The molecule has 12 nitrogen and oxygen atoms in total. The number of hydrogen-bond donors (Lipinski definition) is 3. The minimum atomic E-state index is 0.165. The van der Waals surface area contributed by atoms with Crippen molar-refractivity contribution < 1.29 is 14.2 Å². The predicted octanol–water partition coefficient (Wildman–Crippen LogP) is 5.40. The number of aromatic nitrogens is 4. The van der Waals surface area contributed by atoms with Gasteiger partial charge in [-0.3, -0.25) is 5.41 Å². The van der Waals surface area contributed by atoms with Crippen LogP contribution in [-0.2, 0) is 6.42 Å². The maximum Gasteiger partial charge on any atom is 0.223 e. The standard InChI is InChI=1S/C34H36BrN9O3/c1-45-24-6-5-22-17-23(26-9-11-39-34(42-26)38-10-8-21-4-7-28(46-2)29(16-21)47-3)18-27(25(22)19-24)43-12-14-44(15-13-43)33-30(31(35)36)32(37)40-20-41-33/h4-7,9,11,16-20,36H,8,10,12-15H2,1-3H3,(H2,37,40,41)(H,38,39,42). The van der Waals surface area contributed by atoms with E-state index in [1.807, 2.05) is 30.3 Å². The fraction of sp³-hybridized carbons (Fsp3) is 0.265. The third-order valence-electron chi connectivity index (χ3n) is 8.23. The number of methoxy groups -OCH3 is 3. The molecule has 0 unspecified atom stereocenters. The van der Waals surface area contributed by atoms with Crippen LogP contribution in [0.25, 0.3) is 22.0 Å². The van der Waals surface area contributed by atoms with E-state index in [0.717, 1.165) is 58.5 Å². The molecule has 13 heteroatoms. The molecule has 0 amide bonds. The molecule has 1 aliphatic heterocycles. The summed E-state index contributed by atoms with van der Waals surface area (Å²) in [5.41, 5.74) is 10.6. The summed E-state index contributed by atoms with van der Waals surface area (Å²) in [4.78, 5) is 22.4. The Kier molecular flexibility index (Phi) is 9.52. The van der Waals surface area contributed by atoms with Crippen molar-refractivity contribution >= 4 is 54.6 Å². The van der Waals surface area contributed by atoms with Crippen LogP contribution < -0.4 is 35.1 Å². The lowest BCUT2D eigenvalue weighted by Crippen LogP contribution is -2.47. The molecule has 6 rings (SSSR count). The highest BCUT2D eigenvalue weighted by Gasteiger charge is 2.25. The van der Waals surface area contributed by atoms with Gasteiger partial charge in [-0.15, -0.1) is 0 Å². The van der Waals surface area contributed by atoms with Crippen molar-refractivity contribution in [3.05, 3.63) is 78.2 Å². The molecule has 3 heterocycles. The number of nitrogens with two attached hydrogens (primary N) is 1. The number of halogens is 1. The molecule has 0 spiro atoms. The first kappa shape index (κ1) is 31.8. The van der Waals surface area contributed by atoms with Crippen LogP contribution in [0.2, 0.25) is 0 Å². The van der Waals surface area contributed by atoms with E-state index in [1.54, 1.807) is 27.5 Å². The van der Waals surface area contributed by atoms with Crippen LogP contribution >= 0.6 is 15.9 Å². The number of piperazine rings is 1. The molecule has 5 aromatic rings. The van der Waals surface area contributed by atoms with E-state index in [9.17, 15) is 0 Å². The first-order chi connectivity index (χ1) is 22.9. The fourth-order valence-corrected chi connectivity index (χ4v) is 6.19. The van der Waals surface area contributed by atoms with Gasteiger partial charge >= 0.3 is 0 Å². The van der Waals surface area contributed by atoms with Gasteiger partial charge in [0.2, 0.25) is 5.95 Å². The van der Waals surface area contributed by atoms with E-state index >= 15 is 0 Å². The molecule has 0 atom stereocenters. The Hall–Kier alpha value is -5.17. The Morgan fingerprint density at radius 2 is 1.68 bits per heavy atom. The molecule has 1 fully saturated rings. The maximum absolute atomic E-state index is 8.15. The molecule has 1 saturated heterocycles. The summed E-state index contributed by atoms with van der Waals surface area (Å²) in [7, 11) is 4.95. The van der Waals surface area contributed by atoms with Gasteiger partial charge in [-0.05, 0) is 75.8 Å². The minimum Gasteiger partial charge on any atom is -0.497 e. The average molecular weight is 699 g/mol. The summed E-state index contributed by atoms with van der Waals surface area (Å²) in [6.07, 6.45) is 3.99. The number of benzene rings is 3. The summed E-state index contributed by atoms with van der Waals surface area (Å²) >= 11 is 3.26. The van der Waals surface area contributed by atoms with Crippen molar-refractivity contribution in [1.29, 1.82) is 5.41 Å². The number of nitrogens with one attached hydrogen (secondary N) is 2. The van der Waals surface area contributed by atoms with Gasteiger partial charge in [-0.25, -0.2) is 19.9 Å². The maximum atomic E-state index is 8.15. The minimum absolute atomic E-state index is 0.165. The Balaban J connectivity index is 1.24. The zero-order chi connectivity index (χ0) is 32.9. The Morgan fingerprint density at radius 1 is 0.894 bits per heavy atom. The van der Waals surface area contributed by atoms with E-state index in [0.29, 0.717) is 48.5 Å². The quantitative estimate of drug-likeness (QED) is 0.153. The van der Waals surface area contributed by atoms with E-state index < -0.39 is 0 Å². The second-order valence-corrected chi connectivity index (χ2v) is 11.8. The summed E-state index contributed by atoms with van der Waals surface area (Å²) in [6, 6.07) is 18.3. The highest BCUT2D eigenvalue weighted by molar-refractivity contribution is 9.18. The molecule has 1 aliphatic rings. The van der Waals surface area contributed by atoms with Gasteiger partial charge in [0.15, 0.2) is 11.5 Å². The number of hydrogen-bond acceptors (Lipinski definition) is 12. The largest absolute Gasteiger partial charge is 0.497 e. The topological polar surface area (TPSA) is 148 Å². The third kappa shape index (κ3) is 6.85. The Bertz CT molecular complexity index is 1910. The molecule has 2 aromatic heterocycles. The molecule has 0 bridgehead atoms. The molecule has 0 radical (unpaired) electrons. The molecule has 242 valence electrons. The summed E-state index contributed by atoms with van der Waals surface area (Å²) < 4.78 is 16.6. The zero-order valence-corrected chi connectivity index (χ0v) is 28.0. The molecule has 0 saturated carbocycles.